The van der Waals surface area contributed by atoms with Gasteiger partial charge in [0, 0.05) is 28.6 Å². The lowest BCUT2D eigenvalue weighted by Crippen LogP contribution is -2.36. The van der Waals surface area contributed by atoms with Gasteiger partial charge in [0.1, 0.15) is 5.60 Å². The number of rotatable bonds is 6. The summed E-state index contributed by atoms with van der Waals surface area (Å²) in [6.45, 7) is 4.22. The van der Waals surface area contributed by atoms with E-state index in [0.29, 0.717) is 5.75 Å². The van der Waals surface area contributed by atoms with Gasteiger partial charge in [0.15, 0.2) is 0 Å². The Hall–Kier alpha value is -1.84. The maximum absolute atomic E-state index is 11.4. The summed E-state index contributed by atoms with van der Waals surface area (Å²) >= 11 is 1.70. The molecule has 0 aliphatic rings. The van der Waals surface area contributed by atoms with E-state index in [4.69, 9.17) is 0 Å². The van der Waals surface area contributed by atoms with Crippen LogP contribution in [0.5, 0.6) is 0 Å². The minimum absolute atomic E-state index is 0.162. The highest BCUT2D eigenvalue weighted by Crippen LogP contribution is 2.37. The number of fused-ring (bicyclic) bond motifs is 1. The first kappa shape index (κ1) is 17.0. The molecule has 1 N–H and O–H groups in total. The quantitative estimate of drug-likeness (QED) is 0.623. The maximum Gasteiger partial charge on any atom is 0.103 e. The number of aliphatic hydroxyl groups is 1. The van der Waals surface area contributed by atoms with E-state index in [9.17, 15) is 5.11 Å². The predicted octanol–water partition coefficient (Wildman–Crippen LogP) is 5.26. The second-order valence-corrected chi connectivity index (χ2v) is 7.32. The van der Waals surface area contributed by atoms with Crippen molar-refractivity contribution in [1.82, 2.24) is 4.98 Å². The normalized spacial score (nSPS) is 15.1. The van der Waals surface area contributed by atoms with Crippen molar-refractivity contribution in [3.8, 4) is 0 Å². The Morgan fingerprint density at radius 2 is 1.88 bits per heavy atom. The van der Waals surface area contributed by atoms with Crippen molar-refractivity contribution < 1.29 is 5.11 Å². The number of nitrogens with zero attached hydrogens (tertiary/aromatic N) is 1. The molecule has 3 rings (SSSR count). The smallest absolute Gasteiger partial charge is 0.103 e. The van der Waals surface area contributed by atoms with Crippen LogP contribution in [0.3, 0.4) is 0 Å². The number of hydrogen-bond acceptors (Lipinski definition) is 3. The van der Waals surface area contributed by atoms with E-state index in [1.54, 1.807) is 24.2 Å². The van der Waals surface area contributed by atoms with E-state index in [0.717, 1.165) is 12.0 Å². The third kappa shape index (κ3) is 3.47. The van der Waals surface area contributed by atoms with Gasteiger partial charge in [0.05, 0.1) is 0 Å². The molecule has 2 atom stereocenters. The SMILES string of the molecule is CCC(C)C(O)(CSc1ccc2ccccc2c1)c1cccnc1. The van der Waals surface area contributed by atoms with Gasteiger partial charge < -0.3 is 5.11 Å². The van der Waals surface area contributed by atoms with Crippen molar-refractivity contribution in [2.45, 2.75) is 30.8 Å². The maximum atomic E-state index is 11.4. The average Bonchev–Trinajstić information content (AvgIpc) is 2.66. The summed E-state index contributed by atoms with van der Waals surface area (Å²) in [5.74, 6) is 0.779. The summed E-state index contributed by atoms with van der Waals surface area (Å²) in [6, 6.07) is 18.7. The van der Waals surface area contributed by atoms with Crippen LogP contribution in [0, 0.1) is 5.92 Å². The van der Waals surface area contributed by atoms with Crippen LogP contribution in [0.1, 0.15) is 25.8 Å². The second kappa shape index (κ2) is 7.37. The van der Waals surface area contributed by atoms with E-state index in [2.05, 4.69) is 61.3 Å². The fourth-order valence-corrected chi connectivity index (χ4v) is 4.13. The fraction of sp³-hybridized carbons (Fsp3) is 0.286. The van der Waals surface area contributed by atoms with Gasteiger partial charge in [0.25, 0.3) is 0 Å². The number of pyridine rings is 1. The van der Waals surface area contributed by atoms with Crippen LogP contribution >= 0.6 is 11.8 Å². The molecular formula is C21H23NOS. The van der Waals surface area contributed by atoms with E-state index in [1.807, 2.05) is 12.1 Å². The van der Waals surface area contributed by atoms with Crippen molar-refractivity contribution in [2.75, 3.05) is 5.75 Å². The van der Waals surface area contributed by atoms with Crippen molar-refractivity contribution in [2.24, 2.45) is 5.92 Å². The molecule has 0 amide bonds. The Balaban J connectivity index is 1.85. The lowest BCUT2D eigenvalue weighted by Gasteiger charge is -2.33. The summed E-state index contributed by atoms with van der Waals surface area (Å²) in [4.78, 5) is 5.37. The molecule has 0 aliphatic heterocycles. The molecule has 1 heterocycles. The van der Waals surface area contributed by atoms with Gasteiger partial charge in [-0.3, -0.25) is 4.98 Å². The third-order valence-corrected chi connectivity index (χ3v) is 5.94. The van der Waals surface area contributed by atoms with Gasteiger partial charge in [-0.1, -0.05) is 56.7 Å². The van der Waals surface area contributed by atoms with Crippen molar-refractivity contribution >= 4 is 22.5 Å². The topological polar surface area (TPSA) is 33.1 Å². The molecule has 0 radical (unpaired) electrons. The Morgan fingerprint density at radius 3 is 2.58 bits per heavy atom. The third-order valence-electron chi connectivity index (χ3n) is 4.77. The lowest BCUT2D eigenvalue weighted by atomic mass is 9.83. The van der Waals surface area contributed by atoms with Crippen molar-refractivity contribution in [1.29, 1.82) is 0 Å². The Labute approximate surface area is 147 Å². The molecule has 2 aromatic carbocycles. The van der Waals surface area contributed by atoms with Crippen LogP contribution in [0.4, 0.5) is 0 Å². The molecule has 0 saturated carbocycles. The predicted molar refractivity (Wildman–Crippen MR) is 102 cm³/mol. The molecule has 2 nitrogen and oxygen atoms in total. The Bertz CT molecular complexity index is 805. The molecule has 0 saturated heterocycles. The molecule has 0 aliphatic carbocycles. The second-order valence-electron chi connectivity index (χ2n) is 6.27. The van der Waals surface area contributed by atoms with Gasteiger partial charge in [-0.05, 0) is 34.9 Å². The molecule has 1 aromatic heterocycles. The summed E-state index contributed by atoms with van der Waals surface area (Å²) < 4.78 is 0. The summed E-state index contributed by atoms with van der Waals surface area (Å²) in [5.41, 5.74) is 0.0203. The largest absolute Gasteiger partial charge is 0.384 e. The van der Waals surface area contributed by atoms with E-state index >= 15 is 0 Å². The molecule has 3 heteroatoms. The van der Waals surface area contributed by atoms with Crippen LogP contribution < -0.4 is 0 Å². The number of aromatic nitrogens is 1. The number of benzene rings is 2. The van der Waals surface area contributed by atoms with E-state index in [1.165, 1.54) is 15.7 Å². The van der Waals surface area contributed by atoms with Gasteiger partial charge in [-0.2, -0.15) is 0 Å². The zero-order chi connectivity index (χ0) is 17.0. The summed E-state index contributed by atoms with van der Waals surface area (Å²) in [5, 5.41) is 13.8. The van der Waals surface area contributed by atoms with Crippen molar-refractivity contribution in [3.05, 3.63) is 72.6 Å². The van der Waals surface area contributed by atoms with E-state index in [-0.39, 0.29) is 5.92 Å². The van der Waals surface area contributed by atoms with Crippen LogP contribution in [-0.2, 0) is 5.60 Å². The Morgan fingerprint density at radius 1 is 1.08 bits per heavy atom. The van der Waals surface area contributed by atoms with Crippen LogP contribution in [0.15, 0.2) is 71.9 Å². The van der Waals surface area contributed by atoms with Crippen LogP contribution in [-0.4, -0.2) is 15.8 Å². The molecule has 0 spiro atoms. The zero-order valence-corrected chi connectivity index (χ0v) is 15.0. The average molecular weight is 337 g/mol. The fourth-order valence-electron chi connectivity index (χ4n) is 2.92. The molecule has 0 fully saturated rings. The highest BCUT2D eigenvalue weighted by atomic mass is 32.2. The van der Waals surface area contributed by atoms with Crippen LogP contribution in [0.25, 0.3) is 10.8 Å². The Kier molecular flexibility index (Phi) is 5.22. The standard InChI is InChI=1S/C21H23NOS/c1-3-16(2)21(23,19-9-6-12-22-14-19)15-24-20-11-10-17-7-4-5-8-18(17)13-20/h4-14,16,23H,3,15H2,1-2H3. The molecule has 24 heavy (non-hydrogen) atoms. The number of hydrogen-bond donors (Lipinski definition) is 1. The minimum atomic E-state index is -0.876. The van der Waals surface area contributed by atoms with Crippen LogP contribution in [0.2, 0.25) is 0 Å². The van der Waals surface area contributed by atoms with Gasteiger partial charge in [-0.25, -0.2) is 0 Å². The summed E-state index contributed by atoms with van der Waals surface area (Å²) in [7, 11) is 0. The number of thioether (sulfide) groups is 1. The zero-order valence-electron chi connectivity index (χ0n) is 14.1. The molecule has 2 unspecified atom stereocenters. The van der Waals surface area contributed by atoms with E-state index < -0.39 is 5.60 Å². The molecule has 0 bridgehead atoms. The minimum Gasteiger partial charge on any atom is -0.384 e. The first-order valence-electron chi connectivity index (χ1n) is 8.38. The first-order chi connectivity index (χ1) is 11.6. The van der Waals surface area contributed by atoms with Gasteiger partial charge in [0.2, 0.25) is 0 Å². The molecule has 3 aromatic rings. The van der Waals surface area contributed by atoms with Gasteiger partial charge in [-0.15, -0.1) is 11.8 Å². The molecular weight excluding hydrogens is 314 g/mol. The van der Waals surface area contributed by atoms with Crippen molar-refractivity contribution in [3.63, 3.8) is 0 Å². The monoisotopic (exact) mass is 337 g/mol. The summed E-state index contributed by atoms with van der Waals surface area (Å²) in [6.07, 6.45) is 4.45. The van der Waals surface area contributed by atoms with Gasteiger partial charge >= 0.3 is 0 Å². The highest BCUT2D eigenvalue weighted by molar-refractivity contribution is 7.99. The first-order valence-corrected chi connectivity index (χ1v) is 9.36. The highest BCUT2D eigenvalue weighted by Gasteiger charge is 2.35. The lowest BCUT2D eigenvalue weighted by molar-refractivity contribution is 0.00473. The molecule has 124 valence electrons.